The zero-order chi connectivity index (χ0) is 21.1. The molecule has 10 heteroatoms. The van der Waals surface area contributed by atoms with Gasteiger partial charge in [-0.15, -0.1) is 0 Å². The first kappa shape index (κ1) is 26.4. The number of halogens is 6. The molecule has 0 aliphatic heterocycles. The summed E-state index contributed by atoms with van der Waals surface area (Å²) < 4.78 is 87.5. The van der Waals surface area contributed by atoms with Gasteiger partial charge in [0, 0.05) is 20.8 Å². The van der Waals surface area contributed by atoms with E-state index in [2.05, 4.69) is 4.74 Å². The minimum atomic E-state index is -5.29. The molecule has 4 nitrogen and oxygen atoms in total. The second kappa shape index (κ2) is 12.8. The molecule has 0 saturated heterocycles. The van der Waals surface area contributed by atoms with E-state index in [1.54, 1.807) is 14.2 Å². The van der Waals surface area contributed by atoms with Gasteiger partial charge < -0.3 is 19.3 Å². The van der Waals surface area contributed by atoms with E-state index in [0.29, 0.717) is 12.2 Å². The molecule has 0 radical (unpaired) electrons. The van der Waals surface area contributed by atoms with E-state index in [9.17, 15) is 26.3 Å². The average molecular weight is 412 g/mol. The molecule has 164 valence electrons. The van der Waals surface area contributed by atoms with Gasteiger partial charge in [0.15, 0.2) is 5.92 Å². The van der Waals surface area contributed by atoms with Crippen molar-refractivity contribution in [2.24, 2.45) is 5.92 Å². The van der Waals surface area contributed by atoms with Gasteiger partial charge in [-0.25, -0.2) is 0 Å². The Morgan fingerprint density at radius 2 is 1.37 bits per heavy atom. The minimum absolute atomic E-state index is 0.108. The summed E-state index contributed by atoms with van der Waals surface area (Å²) in [6.07, 6.45) is -7.21. The fourth-order valence-electron chi connectivity index (χ4n) is 2.76. The topological polar surface area (TPSA) is 47.9 Å². The first-order valence-electron chi connectivity index (χ1n) is 8.88. The van der Waals surface area contributed by atoms with Crippen LogP contribution in [0.5, 0.6) is 0 Å². The molecule has 3 unspecified atom stereocenters. The molecule has 1 rings (SSSR count). The van der Waals surface area contributed by atoms with Gasteiger partial charge in [0.05, 0.1) is 24.9 Å². The van der Waals surface area contributed by atoms with Crippen LogP contribution in [0.4, 0.5) is 26.3 Å². The summed E-state index contributed by atoms with van der Waals surface area (Å²) in [5.74, 6) is -3.31. The second-order valence-corrected chi connectivity index (χ2v) is 6.53. The molecule has 0 bridgehead atoms. The first-order chi connectivity index (χ1) is 12.4. The van der Waals surface area contributed by atoms with Crippen LogP contribution in [0.1, 0.15) is 45.4 Å². The van der Waals surface area contributed by atoms with Gasteiger partial charge in [0.25, 0.3) is 0 Å². The summed E-state index contributed by atoms with van der Waals surface area (Å²) in [4.78, 5) is 0. The van der Waals surface area contributed by atoms with Crippen LogP contribution in [0.25, 0.3) is 0 Å². The average Bonchev–Trinajstić information content (AvgIpc) is 2.55. The Morgan fingerprint density at radius 3 is 1.70 bits per heavy atom. The van der Waals surface area contributed by atoms with Gasteiger partial charge in [-0.2, -0.15) is 26.3 Å². The third kappa shape index (κ3) is 11.8. The molecule has 1 fully saturated rings. The smallest absolute Gasteiger partial charge is 0.391 e. The quantitative estimate of drug-likeness (QED) is 0.471. The summed E-state index contributed by atoms with van der Waals surface area (Å²) in [5, 5.41) is 8.73. The molecule has 27 heavy (non-hydrogen) atoms. The molecule has 3 atom stereocenters. The van der Waals surface area contributed by atoms with Crippen LogP contribution in [0.15, 0.2) is 0 Å². The lowest BCUT2D eigenvalue weighted by molar-refractivity contribution is -0.286. The number of methoxy groups -OCH3 is 2. The molecule has 0 aromatic heterocycles. The lowest BCUT2D eigenvalue weighted by atomic mass is 9.95. The molecule has 0 aromatic carbocycles. The minimum Gasteiger partial charge on any atom is -0.391 e. The Bertz CT molecular complexity index is 347. The number of hydrogen-bond donors (Lipinski definition) is 1. The monoisotopic (exact) mass is 412 g/mol. The maximum atomic E-state index is 12.1. The Kier molecular flexibility index (Phi) is 12.5. The predicted molar refractivity (Wildman–Crippen MR) is 87.4 cm³/mol. The third-order valence-corrected chi connectivity index (χ3v) is 4.18. The Balaban J connectivity index is 0.000000569. The van der Waals surface area contributed by atoms with Crippen molar-refractivity contribution in [2.45, 2.75) is 76.1 Å². The van der Waals surface area contributed by atoms with Crippen molar-refractivity contribution < 1.29 is 45.7 Å². The molecule has 0 amide bonds. The highest BCUT2D eigenvalue weighted by Crippen LogP contribution is 2.41. The molecule has 1 saturated carbocycles. The number of rotatable bonds is 8. The maximum absolute atomic E-state index is 12.1. The van der Waals surface area contributed by atoms with Crippen LogP contribution in [0, 0.1) is 5.92 Å². The fourth-order valence-corrected chi connectivity index (χ4v) is 2.76. The highest BCUT2D eigenvalue weighted by atomic mass is 19.4. The molecule has 1 aliphatic rings. The van der Waals surface area contributed by atoms with Gasteiger partial charge in [0.1, 0.15) is 0 Å². The van der Waals surface area contributed by atoms with Crippen LogP contribution >= 0.6 is 0 Å². The number of hydrogen-bond acceptors (Lipinski definition) is 4. The predicted octanol–water partition coefficient (Wildman–Crippen LogP) is 4.50. The van der Waals surface area contributed by atoms with E-state index in [4.69, 9.17) is 14.6 Å². The van der Waals surface area contributed by atoms with Crippen molar-refractivity contribution >= 4 is 0 Å². The van der Waals surface area contributed by atoms with Gasteiger partial charge in [-0.3, -0.25) is 0 Å². The van der Waals surface area contributed by atoms with Gasteiger partial charge in [0.2, 0.25) is 0 Å². The lowest BCUT2D eigenvalue weighted by Gasteiger charge is -2.28. The van der Waals surface area contributed by atoms with Crippen molar-refractivity contribution in [3.05, 3.63) is 0 Å². The zero-order valence-electron chi connectivity index (χ0n) is 15.9. The van der Waals surface area contributed by atoms with Gasteiger partial charge in [-0.1, -0.05) is 12.8 Å². The van der Waals surface area contributed by atoms with E-state index < -0.39 is 30.8 Å². The SMILES string of the molecule is CC(O)COCCCC(C(F)(F)F)C(F)(F)F.COC1CCCCC1OC. The maximum Gasteiger partial charge on any atom is 0.400 e. The van der Waals surface area contributed by atoms with Crippen molar-refractivity contribution in [2.75, 3.05) is 27.4 Å². The lowest BCUT2D eigenvalue weighted by Crippen LogP contribution is -2.36. The van der Waals surface area contributed by atoms with E-state index in [1.807, 2.05) is 0 Å². The van der Waals surface area contributed by atoms with Crippen molar-refractivity contribution in [1.82, 2.24) is 0 Å². The second-order valence-electron chi connectivity index (χ2n) is 6.53. The van der Waals surface area contributed by atoms with Crippen LogP contribution in [0.2, 0.25) is 0 Å². The van der Waals surface area contributed by atoms with Crippen molar-refractivity contribution in [3.8, 4) is 0 Å². The van der Waals surface area contributed by atoms with E-state index in [1.165, 1.54) is 19.8 Å². The Morgan fingerprint density at radius 1 is 0.926 bits per heavy atom. The van der Waals surface area contributed by atoms with Crippen LogP contribution in [-0.2, 0) is 14.2 Å². The normalized spacial score (nSPS) is 22.3. The standard InChI is InChI=1S/C9H14F6O2.C8H16O2/c1-6(16)5-17-4-2-3-7(8(10,11)12)9(13,14)15;1-9-7-5-3-4-6-8(7)10-2/h6-7,16H,2-5H2,1H3;7-8H,3-6H2,1-2H3. The fraction of sp³-hybridized carbons (Fsp3) is 1.00. The summed E-state index contributed by atoms with van der Waals surface area (Å²) >= 11 is 0. The zero-order valence-corrected chi connectivity index (χ0v) is 15.9. The van der Waals surface area contributed by atoms with Gasteiger partial charge in [-0.05, 0) is 32.6 Å². The summed E-state index contributed by atoms with van der Waals surface area (Å²) in [7, 11) is 3.53. The highest BCUT2D eigenvalue weighted by Gasteiger charge is 2.55. The molecule has 1 aliphatic carbocycles. The molecular formula is C17H30F6O4. The number of alkyl halides is 6. The van der Waals surface area contributed by atoms with E-state index in [0.717, 1.165) is 12.8 Å². The van der Waals surface area contributed by atoms with Crippen LogP contribution < -0.4 is 0 Å². The van der Waals surface area contributed by atoms with Crippen LogP contribution in [-0.4, -0.2) is 63.2 Å². The highest BCUT2D eigenvalue weighted by molar-refractivity contribution is 4.76. The number of aliphatic hydroxyl groups excluding tert-OH is 1. The van der Waals surface area contributed by atoms with Crippen molar-refractivity contribution in [1.29, 1.82) is 0 Å². The number of aliphatic hydroxyl groups is 1. The molecule has 0 spiro atoms. The summed E-state index contributed by atoms with van der Waals surface area (Å²) in [6, 6.07) is 0. The molecule has 1 N–H and O–H groups in total. The molecule has 0 heterocycles. The summed E-state index contributed by atoms with van der Waals surface area (Å²) in [5.41, 5.74) is 0. The number of ether oxygens (including phenoxy) is 3. The van der Waals surface area contributed by atoms with Gasteiger partial charge >= 0.3 is 12.4 Å². The van der Waals surface area contributed by atoms with Crippen molar-refractivity contribution in [3.63, 3.8) is 0 Å². The Labute approximate surface area is 156 Å². The first-order valence-corrected chi connectivity index (χ1v) is 8.88. The molecular weight excluding hydrogens is 382 g/mol. The summed E-state index contributed by atoms with van der Waals surface area (Å²) in [6.45, 7) is 1.05. The van der Waals surface area contributed by atoms with Crippen LogP contribution in [0.3, 0.4) is 0 Å². The third-order valence-electron chi connectivity index (χ3n) is 4.18. The van der Waals surface area contributed by atoms with E-state index >= 15 is 0 Å². The Hall–Kier alpha value is -0.580. The molecule has 0 aromatic rings. The van der Waals surface area contributed by atoms with E-state index in [-0.39, 0.29) is 19.6 Å². The largest absolute Gasteiger partial charge is 0.400 e.